The van der Waals surface area contributed by atoms with Crippen LogP contribution in [0, 0.1) is 11.8 Å². The van der Waals surface area contributed by atoms with Crippen molar-refractivity contribution in [3.63, 3.8) is 0 Å². The number of nitrogens with one attached hydrogen (secondary N) is 1. The summed E-state index contributed by atoms with van der Waals surface area (Å²) in [5.74, 6) is 6.03. The van der Waals surface area contributed by atoms with E-state index in [1.807, 2.05) is 23.6 Å². The molecule has 0 saturated heterocycles. The van der Waals surface area contributed by atoms with E-state index in [9.17, 15) is 4.79 Å². The van der Waals surface area contributed by atoms with Crippen LogP contribution >= 0.6 is 11.3 Å². The number of rotatable bonds is 3. The summed E-state index contributed by atoms with van der Waals surface area (Å²) < 4.78 is 0. The standard InChI is InChI=1S/C17H18N2OS/c1-12(2)13-5-3-6-15(9-13)19-17(20)14-10-16(21-11-14)7-4-8-18/h3,5-6,9-12H,8,18H2,1-2H3,(H,19,20). The van der Waals surface area contributed by atoms with E-state index < -0.39 is 0 Å². The lowest BCUT2D eigenvalue weighted by molar-refractivity contribution is 0.102. The number of hydrogen-bond donors (Lipinski definition) is 2. The zero-order valence-corrected chi connectivity index (χ0v) is 13.0. The maximum atomic E-state index is 12.2. The van der Waals surface area contributed by atoms with Crippen LogP contribution in [-0.4, -0.2) is 12.5 Å². The summed E-state index contributed by atoms with van der Waals surface area (Å²) >= 11 is 1.45. The Bertz CT molecular complexity index is 692. The van der Waals surface area contributed by atoms with E-state index in [-0.39, 0.29) is 5.91 Å². The molecule has 2 rings (SSSR count). The van der Waals surface area contributed by atoms with Crippen LogP contribution in [0.2, 0.25) is 0 Å². The highest BCUT2D eigenvalue weighted by atomic mass is 32.1. The van der Waals surface area contributed by atoms with E-state index in [1.165, 1.54) is 16.9 Å². The van der Waals surface area contributed by atoms with Gasteiger partial charge in [-0.1, -0.05) is 37.8 Å². The number of hydrogen-bond acceptors (Lipinski definition) is 3. The van der Waals surface area contributed by atoms with Crippen molar-refractivity contribution in [3.05, 3.63) is 51.7 Å². The Kier molecular flexibility index (Phi) is 5.15. The molecule has 108 valence electrons. The van der Waals surface area contributed by atoms with Crippen molar-refractivity contribution in [3.8, 4) is 11.8 Å². The van der Waals surface area contributed by atoms with Gasteiger partial charge < -0.3 is 11.1 Å². The van der Waals surface area contributed by atoms with Crippen molar-refractivity contribution in [1.29, 1.82) is 0 Å². The molecule has 21 heavy (non-hydrogen) atoms. The lowest BCUT2D eigenvalue weighted by Gasteiger charge is -2.08. The Morgan fingerprint density at radius 3 is 2.90 bits per heavy atom. The second-order valence-corrected chi connectivity index (χ2v) is 5.85. The van der Waals surface area contributed by atoms with Crippen LogP contribution in [0.1, 0.15) is 40.6 Å². The van der Waals surface area contributed by atoms with E-state index in [1.54, 1.807) is 6.07 Å². The Hall–Kier alpha value is -2.09. The SMILES string of the molecule is CC(C)c1cccc(NC(=O)c2csc(C#CCN)c2)c1. The molecule has 0 saturated carbocycles. The Balaban J connectivity index is 2.11. The predicted octanol–water partition coefficient (Wildman–Crippen LogP) is 3.43. The summed E-state index contributed by atoms with van der Waals surface area (Å²) in [5.41, 5.74) is 7.97. The first kappa shape index (κ1) is 15.3. The van der Waals surface area contributed by atoms with Crippen LogP contribution in [-0.2, 0) is 0 Å². The quantitative estimate of drug-likeness (QED) is 0.853. The molecular weight excluding hydrogens is 280 g/mol. The van der Waals surface area contributed by atoms with Gasteiger partial charge in [-0.2, -0.15) is 0 Å². The van der Waals surface area contributed by atoms with Gasteiger partial charge in [0.25, 0.3) is 5.91 Å². The van der Waals surface area contributed by atoms with Crippen LogP contribution in [0.4, 0.5) is 5.69 Å². The normalized spacial score (nSPS) is 10.1. The molecule has 2 aromatic rings. The number of anilines is 1. The summed E-state index contributed by atoms with van der Waals surface area (Å²) in [6.07, 6.45) is 0. The maximum Gasteiger partial charge on any atom is 0.256 e. The summed E-state index contributed by atoms with van der Waals surface area (Å²) in [7, 11) is 0. The molecule has 0 fully saturated rings. The smallest absolute Gasteiger partial charge is 0.256 e. The first-order valence-electron chi connectivity index (χ1n) is 6.79. The number of amides is 1. The Morgan fingerprint density at radius 1 is 1.38 bits per heavy atom. The molecule has 1 aromatic carbocycles. The molecule has 0 aliphatic heterocycles. The van der Waals surface area contributed by atoms with Crippen LogP contribution in [0.25, 0.3) is 0 Å². The zero-order valence-electron chi connectivity index (χ0n) is 12.1. The minimum atomic E-state index is -0.118. The molecule has 0 unspecified atom stereocenters. The lowest BCUT2D eigenvalue weighted by atomic mass is 10.0. The first-order valence-corrected chi connectivity index (χ1v) is 7.67. The molecule has 4 heteroatoms. The van der Waals surface area contributed by atoms with Gasteiger partial charge in [-0.05, 0) is 29.7 Å². The minimum Gasteiger partial charge on any atom is -0.322 e. The number of benzene rings is 1. The van der Waals surface area contributed by atoms with Gasteiger partial charge in [-0.25, -0.2) is 0 Å². The second-order valence-electron chi connectivity index (χ2n) is 4.94. The summed E-state index contributed by atoms with van der Waals surface area (Å²) in [6.45, 7) is 4.58. The number of carbonyl (C=O) groups excluding carboxylic acids is 1. The van der Waals surface area contributed by atoms with Crippen molar-refractivity contribution in [2.24, 2.45) is 5.73 Å². The second kappa shape index (κ2) is 7.07. The van der Waals surface area contributed by atoms with Crippen molar-refractivity contribution in [2.75, 3.05) is 11.9 Å². The van der Waals surface area contributed by atoms with Gasteiger partial charge in [-0.3, -0.25) is 4.79 Å². The van der Waals surface area contributed by atoms with Crippen LogP contribution in [0.5, 0.6) is 0 Å². The summed E-state index contributed by atoms with van der Waals surface area (Å²) in [4.78, 5) is 13.1. The number of carbonyl (C=O) groups is 1. The van der Waals surface area contributed by atoms with E-state index in [2.05, 4.69) is 37.1 Å². The molecule has 1 amide bonds. The fourth-order valence-electron chi connectivity index (χ4n) is 1.84. The largest absolute Gasteiger partial charge is 0.322 e. The third kappa shape index (κ3) is 4.19. The van der Waals surface area contributed by atoms with Crippen molar-refractivity contribution in [2.45, 2.75) is 19.8 Å². The van der Waals surface area contributed by atoms with Gasteiger partial charge in [0.05, 0.1) is 17.0 Å². The third-order valence-electron chi connectivity index (χ3n) is 2.99. The topological polar surface area (TPSA) is 55.1 Å². The molecule has 0 spiro atoms. The van der Waals surface area contributed by atoms with Gasteiger partial charge in [0.2, 0.25) is 0 Å². The number of nitrogens with two attached hydrogens (primary N) is 1. The maximum absolute atomic E-state index is 12.2. The Morgan fingerprint density at radius 2 is 2.19 bits per heavy atom. The summed E-state index contributed by atoms with van der Waals surface area (Å²) in [6, 6.07) is 9.70. The highest BCUT2D eigenvalue weighted by Gasteiger charge is 2.09. The average Bonchev–Trinajstić information content (AvgIpc) is 2.94. The van der Waals surface area contributed by atoms with Gasteiger partial charge in [0.15, 0.2) is 0 Å². The minimum absolute atomic E-state index is 0.118. The van der Waals surface area contributed by atoms with Gasteiger partial charge >= 0.3 is 0 Å². The molecular formula is C17H18N2OS. The van der Waals surface area contributed by atoms with E-state index >= 15 is 0 Å². The lowest BCUT2D eigenvalue weighted by Crippen LogP contribution is -2.11. The van der Waals surface area contributed by atoms with E-state index in [0.717, 1.165) is 10.6 Å². The highest BCUT2D eigenvalue weighted by Crippen LogP contribution is 2.20. The fraction of sp³-hybridized carbons (Fsp3) is 0.235. The molecule has 3 nitrogen and oxygen atoms in total. The van der Waals surface area contributed by atoms with Crippen molar-refractivity contribution in [1.82, 2.24) is 0 Å². The van der Waals surface area contributed by atoms with E-state index in [0.29, 0.717) is 18.0 Å². The molecule has 0 bridgehead atoms. The third-order valence-corrected chi connectivity index (χ3v) is 3.83. The Labute approximate surface area is 129 Å². The molecule has 1 heterocycles. The van der Waals surface area contributed by atoms with Crippen molar-refractivity contribution >= 4 is 22.9 Å². The molecule has 0 radical (unpaired) electrons. The average molecular weight is 298 g/mol. The van der Waals surface area contributed by atoms with Gasteiger partial charge in [-0.15, -0.1) is 11.3 Å². The van der Waals surface area contributed by atoms with Crippen LogP contribution in [0.3, 0.4) is 0 Å². The molecule has 1 aromatic heterocycles. The zero-order chi connectivity index (χ0) is 15.2. The van der Waals surface area contributed by atoms with Gasteiger partial charge in [0, 0.05) is 11.1 Å². The molecule has 0 atom stereocenters. The fourth-order valence-corrected chi connectivity index (χ4v) is 2.59. The van der Waals surface area contributed by atoms with E-state index in [4.69, 9.17) is 5.73 Å². The summed E-state index contributed by atoms with van der Waals surface area (Å²) in [5, 5.41) is 4.73. The van der Waals surface area contributed by atoms with Crippen LogP contribution in [0.15, 0.2) is 35.7 Å². The molecule has 0 aliphatic rings. The highest BCUT2D eigenvalue weighted by molar-refractivity contribution is 7.10. The molecule has 0 aliphatic carbocycles. The van der Waals surface area contributed by atoms with Crippen LogP contribution < -0.4 is 11.1 Å². The predicted molar refractivity (Wildman–Crippen MR) is 88.7 cm³/mol. The molecule has 3 N–H and O–H groups in total. The number of thiophene rings is 1. The first-order chi connectivity index (χ1) is 10.1. The van der Waals surface area contributed by atoms with Gasteiger partial charge in [0.1, 0.15) is 0 Å². The van der Waals surface area contributed by atoms with Crippen molar-refractivity contribution < 1.29 is 4.79 Å². The monoisotopic (exact) mass is 298 g/mol.